The summed E-state index contributed by atoms with van der Waals surface area (Å²) in [6.07, 6.45) is 1.52. The maximum Gasteiger partial charge on any atom is 0.259 e. The number of aliphatic hydroxyl groups excluding tert-OH is 1. The minimum absolute atomic E-state index is 0.141. The highest BCUT2D eigenvalue weighted by Crippen LogP contribution is 2.17. The molecule has 0 bridgehead atoms. The minimum Gasteiger partial charge on any atom is -0.396 e. The first-order valence-electron chi connectivity index (χ1n) is 7.04. The second-order valence-electron chi connectivity index (χ2n) is 5.15. The van der Waals surface area contributed by atoms with Crippen molar-refractivity contribution in [2.24, 2.45) is 7.05 Å². The molecule has 1 aromatic carbocycles. The van der Waals surface area contributed by atoms with Gasteiger partial charge in [-0.05, 0) is 44.4 Å². The van der Waals surface area contributed by atoms with Crippen molar-refractivity contribution in [3.63, 3.8) is 0 Å². The lowest BCUT2D eigenvalue weighted by Crippen LogP contribution is -2.14. The first-order chi connectivity index (χ1) is 10.0. The van der Waals surface area contributed by atoms with Crippen molar-refractivity contribution >= 4 is 11.6 Å². The zero-order valence-corrected chi connectivity index (χ0v) is 12.7. The van der Waals surface area contributed by atoms with Gasteiger partial charge in [0.2, 0.25) is 0 Å². The molecule has 0 aliphatic heterocycles. The average molecular weight is 287 g/mol. The number of nitrogens with zero attached hydrogens (tertiary/aromatic N) is 2. The van der Waals surface area contributed by atoms with Crippen molar-refractivity contribution in [3.8, 4) is 0 Å². The molecule has 1 heterocycles. The van der Waals surface area contributed by atoms with Crippen LogP contribution in [0.4, 0.5) is 5.69 Å². The molecule has 0 fully saturated rings. The van der Waals surface area contributed by atoms with Crippen molar-refractivity contribution < 1.29 is 9.90 Å². The Hall–Kier alpha value is -2.14. The lowest BCUT2D eigenvalue weighted by Gasteiger charge is -2.08. The van der Waals surface area contributed by atoms with Gasteiger partial charge in [0.05, 0.1) is 11.3 Å². The van der Waals surface area contributed by atoms with E-state index in [4.69, 9.17) is 5.11 Å². The van der Waals surface area contributed by atoms with E-state index in [1.165, 1.54) is 0 Å². The predicted molar refractivity (Wildman–Crippen MR) is 82.5 cm³/mol. The molecule has 1 aromatic heterocycles. The van der Waals surface area contributed by atoms with E-state index in [9.17, 15) is 4.79 Å². The van der Waals surface area contributed by atoms with Crippen LogP contribution in [0.25, 0.3) is 0 Å². The first kappa shape index (κ1) is 15.3. The van der Waals surface area contributed by atoms with E-state index >= 15 is 0 Å². The fraction of sp³-hybridized carbons (Fsp3) is 0.375. The van der Waals surface area contributed by atoms with Crippen LogP contribution in [0.2, 0.25) is 0 Å². The van der Waals surface area contributed by atoms with Crippen molar-refractivity contribution in [1.82, 2.24) is 9.78 Å². The molecular weight excluding hydrogens is 266 g/mol. The minimum atomic E-state index is -0.141. The lowest BCUT2D eigenvalue weighted by atomic mass is 10.1. The molecule has 21 heavy (non-hydrogen) atoms. The Morgan fingerprint density at radius 3 is 2.76 bits per heavy atom. The molecule has 5 nitrogen and oxygen atoms in total. The van der Waals surface area contributed by atoms with Crippen LogP contribution in [0.1, 0.15) is 33.7 Å². The van der Waals surface area contributed by atoms with Gasteiger partial charge < -0.3 is 10.4 Å². The van der Waals surface area contributed by atoms with Gasteiger partial charge in [-0.15, -0.1) is 0 Å². The Morgan fingerprint density at radius 1 is 1.38 bits per heavy atom. The third kappa shape index (κ3) is 3.49. The molecular formula is C16H21N3O2. The van der Waals surface area contributed by atoms with Crippen molar-refractivity contribution in [2.45, 2.75) is 26.7 Å². The number of hydrogen-bond donors (Lipinski definition) is 2. The van der Waals surface area contributed by atoms with Gasteiger partial charge in [0.1, 0.15) is 0 Å². The maximum absolute atomic E-state index is 12.4. The largest absolute Gasteiger partial charge is 0.396 e. The summed E-state index contributed by atoms with van der Waals surface area (Å²) in [5, 5.41) is 16.1. The standard InChI is InChI=1S/C16H21N3O2/c1-11-15(12(2)19(3)18-11)16(21)17-14-8-4-6-13(10-14)7-5-9-20/h4,6,8,10,20H,5,7,9H2,1-3H3,(H,17,21). The summed E-state index contributed by atoms with van der Waals surface area (Å²) in [6.45, 7) is 3.89. The summed E-state index contributed by atoms with van der Waals surface area (Å²) in [6, 6.07) is 7.70. The summed E-state index contributed by atoms with van der Waals surface area (Å²) in [5.41, 5.74) is 4.06. The molecule has 0 spiro atoms. The smallest absolute Gasteiger partial charge is 0.259 e. The molecule has 0 saturated heterocycles. The zero-order valence-electron chi connectivity index (χ0n) is 12.7. The molecule has 1 amide bonds. The SMILES string of the molecule is Cc1nn(C)c(C)c1C(=O)Nc1cccc(CCCO)c1. The average Bonchev–Trinajstić information content (AvgIpc) is 2.70. The molecule has 0 atom stereocenters. The van der Waals surface area contributed by atoms with Gasteiger partial charge in [0.25, 0.3) is 5.91 Å². The quantitative estimate of drug-likeness (QED) is 0.886. The Balaban J connectivity index is 2.16. The van der Waals surface area contributed by atoms with E-state index in [1.807, 2.05) is 45.2 Å². The number of aryl methyl sites for hydroxylation is 3. The van der Waals surface area contributed by atoms with Crippen LogP contribution in [-0.4, -0.2) is 27.4 Å². The normalized spacial score (nSPS) is 10.7. The van der Waals surface area contributed by atoms with Crippen LogP contribution in [-0.2, 0) is 13.5 Å². The third-order valence-electron chi connectivity index (χ3n) is 3.54. The van der Waals surface area contributed by atoms with E-state index in [-0.39, 0.29) is 12.5 Å². The van der Waals surface area contributed by atoms with Crippen molar-refractivity contribution in [3.05, 3.63) is 46.8 Å². The summed E-state index contributed by atoms with van der Waals surface area (Å²) in [5.74, 6) is -0.141. The van der Waals surface area contributed by atoms with Gasteiger partial charge in [-0.1, -0.05) is 12.1 Å². The van der Waals surface area contributed by atoms with Crippen LogP contribution in [0.15, 0.2) is 24.3 Å². The van der Waals surface area contributed by atoms with Gasteiger partial charge in [-0.2, -0.15) is 5.10 Å². The fourth-order valence-corrected chi connectivity index (χ4v) is 2.38. The molecule has 5 heteroatoms. The number of anilines is 1. The maximum atomic E-state index is 12.4. The van der Waals surface area contributed by atoms with Crippen LogP contribution >= 0.6 is 0 Å². The summed E-state index contributed by atoms with van der Waals surface area (Å²) < 4.78 is 1.71. The van der Waals surface area contributed by atoms with E-state index < -0.39 is 0 Å². The Bertz CT molecular complexity index is 647. The van der Waals surface area contributed by atoms with E-state index in [0.29, 0.717) is 5.56 Å². The number of rotatable bonds is 5. The second-order valence-corrected chi connectivity index (χ2v) is 5.15. The summed E-state index contributed by atoms with van der Waals surface area (Å²) >= 11 is 0. The Labute approximate surface area is 124 Å². The molecule has 2 aromatic rings. The summed E-state index contributed by atoms with van der Waals surface area (Å²) in [7, 11) is 1.83. The number of carbonyl (C=O) groups is 1. The van der Waals surface area contributed by atoms with Crippen molar-refractivity contribution in [1.29, 1.82) is 0 Å². The second kappa shape index (κ2) is 6.54. The molecule has 0 aliphatic carbocycles. The van der Waals surface area contributed by atoms with Gasteiger partial charge in [0.15, 0.2) is 0 Å². The Kier molecular flexibility index (Phi) is 4.75. The third-order valence-corrected chi connectivity index (χ3v) is 3.54. The Morgan fingerprint density at radius 2 is 2.14 bits per heavy atom. The lowest BCUT2D eigenvalue weighted by molar-refractivity contribution is 0.102. The van der Waals surface area contributed by atoms with E-state index in [1.54, 1.807) is 4.68 Å². The number of aromatic nitrogens is 2. The molecule has 0 saturated carbocycles. The summed E-state index contributed by atoms with van der Waals surface area (Å²) in [4.78, 5) is 12.4. The monoisotopic (exact) mass is 287 g/mol. The molecule has 0 radical (unpaired) electrons. The van der Waals surface area contributed by atoms with Crippen LogP contribution in [0.3, 0.4) is 0 Å². The number of carbonyl (C=O) groups excluding carboxylic acids is 1. The van der Waals surface area contributed by atoms with Gasteiger partial charge >= 0.3 is 0 Å². The first-order valence-corrected chi connectivity index (χ1v) is 7.04. The topological polar surface area (TPSA) is 67.2 Å². The highest BCUT2D eigenvalue weighted by atomic mass is 16.2. The fourth-order valence-electron chi connectivity index (χ4n) is 2.38. The number of hydrogen-bond acceptors (Lipinski definition) is 3. The molecule has 0 aliphatic rings. The number of benzene rings is 1. The highest BCUT2D eigenvalue weighted by molar-refractivity contribution is 6.05. The molecule has 2 N–H and O–H groups in total. The van der Waals surface area contributed by atoms with Crippen LogP contribution < -0.4 is 5.32 Å². The van der Waals surface area contributed by atoms with Crippen LogP contribution in [0.5, 0.6) is 0 Å². The van der Waals surface area contributed by atoms with E-state index in [2.05, 4.69) is 10.4 Å². The number of amides is 1. The number of nitrogens with one attached hydrogen (secondary N) is 1. The highest BCUT2D eigenvalue weighted by Gasteiger charge is 2.17. The number of aliphatic hydroxyl groups is 1. The van der Waals surface area contributed by atoms with Crippen molar-refractivity contribution in [2.75, 3.05) is 11.9 Å². The molecule has 112 valence electrons. The van der Waals surface area contributed by atoms with Gasteiger partial charge in [0, 0.05) is 25.0 Å². The van der Waals surface area contributed by atoms with Crippen LogP contribution in [0, 0.1) is 13.8 Å². The van der Waals surface area contributed by atoms with Gasteiger partial charge in [-0.3, -0.25) is 9.48 Å². The van der Waals surface area contributed by atoms with E-state index in [0.717, 1.165) is 35.5 Å². The molecule has 0 unspecified atom stereocenters. The zero-order chi connectivity index (χ0) is 15.4. The predicted octanol–water partition coefficient (Wildman–Crippen LogP) is 2.21. The van der Waals surface area contributed by atoms with Gasteiger partial charge in [-0.25, -0.2) is 0 Å². The molecule has 2 rings (SSSR count).